The minimum Gasteiger partial charge on any atom is -0.327 e. The molecule has 0 saturated carbocycles. The Balaban J connectivity index is 2.20. The lowest BCUT2D eigenvalue weighted by Crippen LogP contribution is -2.46. The quantitative estimate of drug-likeness (QED) is 0.882. The van der Waals surface area contributed by atoms with Crippen LogP contribution in [-0.2, 0) is 0 Å². The molecule has 0 spiro atoms. The third-order valence-corrected chi connectivity index (χ3v) is 4.31. The summed E-state index contributed by atoms with van der Waals surface area (Å²) in [5.74, 6) is 0.974. The Kier molecular flexibility index (Phi) is 4.81. The van der Waals surface area contributed by atoms with Gasteiger partial charge in [-0.05, 0) is 45.6 Å². The molecule has 2 unspecified atom stereocenters. The Bertz CT molecular complexity index is 609. The average Bonchev–Trinajstić information content (AvgIpc) is 3.08. The van der Waals surface area contributed by atoms with E-state index in [1.807, 2.05) is 25.4 Å². The molecule has 2 heterocycles. The Hall–Kier alpha value is -1.64. The molecule has 0 amide bonds. The summed E-state index contributed by atoms with van der Waals surface area (Å²) < 4.78 is 2.16. The molecule has 2 rings (SSSR count). The second-order valence-corrected chi connectivity index (χ2v) is 6.88. The van der Waals surface area contributed by atoms with Gasteiger partial charge in [0.25, 0.3) is 0 Å². The first kappa shape index (κ1) is 15.7. The number of thiophene rings is 1. The molecule has 21 heavy (non-hydrogen) atoms. The third-order valence-electron chi connectivity index (χ3n) is 3.44. The van der Waals surface area contributed by atoms with Gasteiger partial charge >= 0.3 is 0 Å². The first-order chi connectivity index (χ1) is 9.95. The maximum Gasteiger partial charge on any atom is 0.150 e. The molecule has 2 aromatic rings. The van der Waals surface area contributed by atoms with E-state index in [1.165, 1.54) is 0 Å². The third kappa shape index (κ3) is 3.72. The second-order valence-electron chi connectivity index (χ2n) is 5.93. The molecule has 2 atom stereocenters. The van der Waals surface area contributed by atoms with Crippen molar-refractivity contribution in [3.8, 4) is 16.8 Å². The van der Waals surface area contributed by atoms with E-state index in [4.69, 9.17) is 0 Å². The molecule has 0 saturated heterocycles. The Morgan fingerprint density at radius 1 is 1.48 bits per heavy atom. The number of rotatable bonds is 6. The highest BCUT2D eigenvalue weighted by molar-refractivity contribution is 7.13. The molecule has 5 heteroatoms. The van der Waals surface area contributed by atoms with Crippen LogP contribution in [-0.4, -0.2) is 21.1 Å². The zero-order chi connectivity index (χ0) is 15.5. The highest BCUT2D eigenvalue weighted by Crippen LogP contribution is 2.29. The predicted molar refractivity (Wildman–Crippen MR) is 87.2 cm³/mol. The van der Waals surface area contributed by atoms with Crippen molar-refractivity contribution in [2.45, 2.75) is 51.7 Å². The van der Waals surface area contributed by atoms with E-state index in [2.05, 4.69) is 53.2 Å². The van der Waals surface area contributed by atoms with Gasteiger partial charge in [0.2, 0.25) is 0 Å². The number of nitriles is 1. The molecule has 112 valence electrons. The van der Waals surface area contributed by atoms with Crippen molar-refractivity contribution in [3.63, 3.8) is 0 Å². The summed E-state index contributed by atoms with van der Waals surface area (Å²) in [6.45, 7) is 8.23. The van der Waals surface area contributed by atoms with Gasteiger partial charge < -0.3 is 4.57 Å². The molecule has 0 bridgehead atoms. The minimum atomic E-state index is -0.537. The molecule has 1 N–H and O–H groups in total. The van der Waals surface area contributed by atoms with Crippen LogP contribution in [0, 0.1) is 11.3 Å². The molecule has 0 aromatic carbocycles. The van der Waals surface area contributed by atoms with E-state index in [-0.39, 0.29) is 12.1 Å². The zero-order valence-electron chi connectivity index (χ0n) is 13.0. The van der Waals surface area contributed by atoms with Gasteiger partial charge in [0, 0.05) is 24.5 Å². The predicted octanol–water partition coefficient (Wildman–Crippen LogP) is 3.84. The van der Waals surface area contributed by atoms with Crippen LogP contribution in [0.15, 0.2) is 29.9 Å². The van der Waals surface area contributed by atoms with Gasteiger partial charge in [-0.1, -0.05) is 6.07 Å². The fraction of sp³-hybridized carbons (Fsp3) is 0.500. The molecule has 0 aliphatic rings. The SMILES string of the molecule is CC(C)NC(C)(C#N)CC(C)n1ccnc1-c1cccs1. The number of hydrogen-bond acceptors (Lipinski definition) is 4. The van der Waals surface area contributed by atoms with Gasteiger partial charge in [0.15, 0.2) is 0 Å². The maximum atomic E-state index is 9.50. The summed E-state index contributed by atoms with van der Waals surface area (Å²) in [6, 6.07) is 7.00. The Morgan fingerprint density at radius 3 is 2.81 bits per heavy atom. The van der Waals surface area contributed by atoms with Gasteiger partial charge in [-0.25, -0.2) is 4.98 Å². The van der Waals surface area contributed by atoms with Crippen LogP contribution in [0.4, 0.5) is 0 Å². The van der Waals surface area contributed by atoms with Crippen LogP contribution in [0.25, 0.3) is 10.7 Å². The van der Waals surface area contributed by atoms with Crippen molar-refractivity contribution in [2.24, 2.45) is 0 Å². The van der Waals surface area contributed by atoms with Crippen LogP contribution in [0.5, 0.6) is 0 Å². The summed E-state index contributed by atoms with van der Waals surface area (Å²) in [4.78, 5) is 5.62. The van der Waals surface area contributed by atoms with Gasteiger partial charge in [0.1, 0.15) is 11.4 Å². The Morgan fingerprint density at radius 2 is 2.24 bits per heavy atom. The van der Waals surface area contributed by atoms with Gasteiger partial charge in [-0.15, -0.1) is 11.3 Å². The van der Waals surface area contributed by atoms with Crippen LogP contribution >= 0.6 is 11.3 Å². The first-order valence-corrected chi connectivity index (χ1v) is 8.09. The molecule has 0 aliphatic heterocycles. The highest BCUT2D eigenvalue weighted by Gasteiger charge is 2.28. The number of nitrogens with zero attached hydrogens (tertiary/aromatic N) is 3. The molecule has 0 radical (unpaired) electrons. The molecule has 4 nitrogen and oxygen atoms in total. The van der Waals surface area contributed by atoms with E-state index in [1.54, 1.807) is 11.3 Å². The fourth-order valence-electron chi connectivity index (χ4n) is 2.73. The summed E-state index contributed by atoms with van der Waals surface area (Å²) in [5.41, 5.74) is -0.537. The number of hydrogen-bond donors (Lipinski definition) is 1. The molecule has 2 aromatic heterocycles. The number of imidazole rings is 1. The van der Waals surface area contributed by atoms with Crippen molar-refractivity contribution < 1.29 is 0 Å². The van der Waals surface area contributed by atoms with E-state index >= 15 is 0 Å². The van der Waals surface area contributed by atoms with Crippen molar-refractivity contribution in [1.82, 2.24) is 14.9 Å². The van der Waals surface area contributed by atoms with Crippen LogP contribution < -0.4 is 5.32 Å². The van der Waals surface area contributed by atoms with Crippen molar-refractivity contribution in [3.05, 3.63) is 29.9 Å². The molecule has 0 fully saturated rings. The summed E-state index contributed by atoms with van der Waals surface area (Å²) in [6.07, 6.45) is 4.55. The van der Waals surface area contributed by atoms with Gasteiger partial charge in [-0.3, -0.25) is 5.32 Å². The van der Waals surface area contributed by atoms with E-state index in [9.17, 15) is 5.26 Å². The smallest absolute Gasteiger partial charge is 0.150 e. The Labute approximate surface area is 130 Å². The zero-order valence-corrected chi connectivity index (χ0v) is 13.8. The highest BCUT2D eigenvalue weighted by atomic mass is 32.1. The topological polar surface area (TPSA) is 53.6 Å². The lowest BCUT2D eigenvalue weighted by Gasteiger charge is -2.29. The number of aromatic nitrogens is 2. The monoisotopic (exact) mass is 302 g/mol. The summed E-state index contributed by atoms with van der Waals surface area (Å²) in [7, 11) is 0. The first-order valence-electron chi connectivity index (χ1n) is 7.21. The normalized spacial score (nSPS) is 15.6. The van der Waals surface area contributed by atoms with Crippen molar-refractivity contribution >= 4 is 11.3 Å². The standard InChI is InChI=1S/C16H22N4S/c1-12(2)19-16(4,11-17)10-13(3)20-8-7-18-15(20)14-6-5-9-21-14/h5-9,12-13,19H,10H2,1-4H3. The molecular weight excluding hydrogens is 280 g/mol. The largest absolute Gasteiger partial charge is 0.327 e. The summed E-state index contributed by atoms with van der Waals surface area (Å²) in [5, 5.41) is 14.9. The van der Waals surface area contributed by atoms with E-state index in [0.29, 0.717) is 0 Å². The van der Waals surface area contributed by atoms with Gasteiger partial charge in [-0.2, -0.15) is 5.26 Å². The van der Waals surface area contributed by atoms with E-state index < -0.39 is 5.54 Å². The van der Waals surface area contributed by atoms with Crippen LogP contribution in [0.1, 0.15) is 40.2 Å². The molecule has 0 aliphatic carbocycles. The van der Waals surface area contributed by atoms with Crippen molar-refractivity contribution in [2.75, 3.05) is 0 Å². The second kappa shape index (κ2) is 6.42. The number of nitrogens with one attached hydrogen (secondary N) is 1. The maximum absolute atomic E-state index is 9.50. The van der Waals surface area contributed by atoms with Crippen LogP contribution in [0.3, 0.4) is 0 Å². The lowest BCUT2D eigenvalue weighted by molar-refractivity contribution is 0.328. The summed E-state index contributed by atoms with van der Waals surface area (Å²) >= 11 is 1.68. The van der Waals surface area contributed by atoms with Gasteiger partial charge in [0.05, 0.1) is 10.9 Å². The average molecular weight is 302 g/mol. The minimum absolute atomic E-state index is 0.195. The fourth-order valence-corrected chi connectivity index (χ4v) is 3.45. The molecular formula is C16H22N4S. The van der Waals surface area contributed by atoms with E-state index in [0.717, 1.165) is 17.1 Å². The van der Waals surface area contributed by atoms with Crippen molar-refractivity contribution in [1.29, 1.82) is 5.26 Å². The van der Waals surface area contributed by atoms with Crippen LogP contribution in [0.2, 0.25) is 0 Å². The lowest BCUT2D eigenvalue weighted by atomic mass is 9.94.